The van der Waals surface area contributed by atoms with E-state index >= 15 is 0 Å². The van der Waals surface area contributed by atoms with Crippen LogP contribution in [0.25, 0.3) is 0 Å². The number of aliphatic hydroxyl groups is 1. The third kappa shape index (κ3) is 12.0. The summed E-state index contributed by atoms with van der Waals surface area (Å²) in [6.07, 6.45) is -0.00361. The van der Waals surface area contributed by atoms with E-state index < -0.39 is 13.7 Å². The number of ether oxygens (including phenoxy) is 1. The zero-order chi connectivity index (χ0) is 11.7. The predicted octanol–water partition coefficient (Wildman–Crippen LogP) is -0.195. The number of hydrogen-bond donors (Lipinski definition) is 3. The first-order valence-corrected chi connectivity index (χ1v) is 6.83. The highest BCUT2D eigenvalue weighted by molar-refractivity contribution is 7.51. The maximum Gasteiger partial charge on any atom is 0.325 e. The van der Waals surface area contributed by atoms with Gasteiger partial charge in [-0.25, -0.2) is 0 Å². The molecule has 0 aromatic rings. The molecular weight excluding hydrogens is 221 g/mol. The molecule has 0 bridgehead atoms. The summed E-state index contributed by atoms with van der Waals surface area (Å²) >= 11 is 0. The van der Waals surface area contributed by atoms with E-state index in [0.717, 1.165) is 19.6 Å². The van der Waals surface area contributed by atoms with Gasteiger partial charge >= 0.3 is 7.60 Å². The number of nitrogens with one attached hydrogen (secondary N) is 1. The molecule has 6 nitrogen and oxygen atoms in total. The Balaban J connectivity index is 3.33. The Kier molecular flexibility index (Phi) is 8.23. The Hall–Kier alpha value is 0.0300. The monoisotopic (exact) mass is 241 g/mol. The van der Waals surface area contributed by atoms with E-state index in [1.165, 1.54) is 0 Å². The Morgan fingerprint density at radius 1 is 1.47 bits per heavy atom. The highest BCUT2D eigenvalue weighted by atomic mass is 31.2. The molecule has 0 radical (unpaired) electrons. The third-order valence-corrected chi connectivity index (χ3v) is 2.16. The second-order valence-corrected chi connectivity index (χ2v) is 5.15. The first-order valence-electron chi connectivity index (χ1n) is 4.81. The minimum atomic E-state index is -3.49. The second kappa shape index (κ2) is 8.21. The molecule has 0 rings (SSSR count). The summed E-state index contributed by atoms with van der Waals surface area (Å²) in [6, 6.07) is 0. The van der Waals surface area contributed by atoms with Gasteiger partial charge in [0, 0.05) is 13.3 Å². The lowest BCUT2D eigenvalue weighted by Gasteiger charge is -2.12. The maximum atomic E-state index is 10.7. The standard InChI is InChI=1S/C8H20NO5P/c1-9-4-3-5-13-6-8(10)7-14-15(2,11)12/h8-10H,3-7H2,1-2H3,(H,11,12). The van der Waals surface area contributed by atoms with E-state index in [9.17, 15) is 9.67 Å². The summed E-state index contributed by atoms with van der Waals surface area (Å²) in [5.74, 6) is 0. The van der Waals surface area contributed by atoms with Gasteiger partial charge < -0.3 is 24.6 Å². The largest absolute Gasteiger partial charge is 0.388 e. The highest BCUT2D eigenvalue weighted by Crippen LogP contribution is 2.36. The number of rotatable bonds is 9. The molecule has 0 aliphatic carbocycles. The molecule has 0 aliphatic rings. The lowest BCUT2D eigenvalue weighted by atomic mass is 10.4. The molecule has 2 atom stereocenters. The van der Waals surface area contributed by atoms with Crippen LogP contribution in [0.5, 0.6) is 0 Å². The van der Waals surface area contributed by atoms with Crippen molar-refractivity contribution in [3.05, 3.63) is 0 Å². The van der Waals surface area contributed by atoms with Crippen LogP contribution in [0.15, 0.2) is 0 Å². The average Bonchev–Trinajstić information content (AvgIpc) is 2.13. The van der Waals surface area contributed by atoms with Crippen LogP contribution in [-0.2, 0) is 13.8 Å². The Bertz CT molecular complexity index is 195. The molecule has 0 saturated heterocycles. The molecule has 0 heterocycles. The molecule has 15 heavy (non-hydrogen) atoms. The van der Waals surface area contributed by atoms with Crippen LogP contribution in [0.3, 0.4) is 0 Å². The van der Waals surface area contributed by atoms with Gasteiger partial charge in [0.05, 0.1) is 13.2 Å². The lowest BCUT2D eigenvalue weighted by molar-refractivity contribution is 0.00978. The molecule has 0 aromatic heterocycles. The molecule has 7 heteroatoms. The summed E-state index contributed by atoms with van der Waals surface area (Å²) in [5.41, 5.74) is 0. The van der Waals surface area contributed by atoms with Gasteiger partial charge in [-0.3, -0.25) is 4.57 Å². The average molecular weight is 241 g/mol. The summed E-state index contributed by atoms with van der Waals surface area (Å²) in [7, 11) is -1.64. The van der Waals surface area contributed by atoms with E-state index in [1.807, 2.05) is 7.05 Å². The van der Waals surface area contributed by atoms with Crippen LogP contribution in [0.4, 0.5) is 0 Å². The normalized spacial score (nSPS) is 17.3. The maximum absolute atomic E-state index is 10.7. The van der Waals surface area contributed by atoms with Gasteiger partial charge in [0.15, 0.2) is 0 Å². The molecule has 92 valence electrons. The Morgan fingerprint density at radius 2 is 2.13 bits per heavy atom. The number of hydrogen-bond acceptors (Lipinski definition) is 5. The van der Waals surface area contributed by atoms with Crippen LogP contribution in [0.1, 0.15) is 6.42 Å². The van der Waals surface area contributed by atoms with Crippen molar-refractivity contribution in [1.29, 1.82) is 0 Å². The quantitative estimate of drug-likeness (QED) is 0.383. The van der Waals surface area contributed by atoms with Crippen molar-refractivity contribution in [3.63, 3.8) is 0 Å². The summed E-state index contributed by atoms with van der Waals surface area (Å²) < 4.78 is 20.4. The van der Waals surface area contributed by atoms with Crippen molar-refractivity contribution < 1.29 is 23.8 Å². The van der Waals surface area contributed by atoms with Crippen LogP contribution < -0.4 is 5.32 Å². The van der Waals surface area contributed by atoms with Gasteiger partial charge in [-0.2, -0.15) is 0 Å². The van der Waals surface area contributed by atoms with Crippen LogP contribution in [-0.4, -0.2) is 56.2 Å². The van der Waals surface area contributed by atoms with Gasteiger partial charge in [-0.05, 0) is 20.0 Å². The predicted molar refractivity (Wildman–Crippen MR) is 57.1 cm³/mol. The zero-order valence-corrected chi connectivity index (χ0v) is 10.1. The van der Waals surface area contributed by atoms with E-state index in [4.69, 9.17) is 9.63 Å². The topological polar surface area (TPSA) is 88.0 Å². The van der Waals surface area contributed by atoms with E-state index in [1.54, 1.807) is 0 Å². The van der Waals surface area contributed by atoms with Gasteiger partial charge in [0.25, 0.3) is 0 Å². The summed E-state index contributed by atoms with van der Waals surface area (Å²) in [6.45, 7) is 2.40. The van der Waals surface area contributed by atoms with Gasteiger partial charge in [-0.15, -0.1) is 0 Å². The van der Waals surface area contributed by atoms with Crippen LogP contribution >= 0.6 is 7.60 Å². The van der Waals surface area contributed by atoms with Crippen molar-refractivity contribution in [2.75, 3.05) is 40.1 Å². The molecule has 0 aliphatic heterocycles. The minimum Gasteiger partial charge on any atom is -0.388 e. The van der Waals surface area contributed by atoms with Gasteiger partial charge in [-0.1, -0.05) is 0 Å². The van der Waals surface area contributed by atoms with Crippen molar-refractivity contribution in [1.82, 2.24) is 5.32 Å². The number of aliphatic hydroxyl groups excluding tert-OH is 1. The van der Waals surface area contributed by atoms with Crippen molar-refractivity contribution in [2.45, 2.75) is 12.5 Å². The second-order valence-electron chi connectivity index (χ2n) is 3.28. The van der Waals surface area contributed by atoms with Crippen molar-refractivity contribution in [3.8, 4) is 0 Å². The Morgan fingerprint density at radius 3 is 2.67 bits per heavy atom. The summed E-state index contributed by atoms with van der Waals surface area (Å²) in [5, 5.41) is 12.2. The molecular formula is C8H20NO5P. The third-order valence-electron chi connectivity index (χ3n) is 1.53. The molecule has 0 fully saturated rings. The van der Waals surface area contributed by atoms with Gasteiger partial charge in [0.1, 0.15) is 6.10 Å². The Labute approximate surface area is 90.1 Å². The fourth-order valence-electron chi connectivity index (χ4n) is 0.843. The SMILES string of the molecule is CNCCCOCC(O)COP(C)(=O)O. The fourth-order valence-corrected chi connectivity index (χ4v) is 1.29. The molecule has 0 amide bonds. The first-order chi connectivity index (χ1) is 6.95. The molecule has 0 aromatic carbocycles. The molecule has 2 unspecified atom stereocenters. The van der Waals surface area contributed by atoms with E-state index in [0.29, 0.717) is 6.61 Å². The van der Waals surface area contributed by atoms with Crippen molar-refractivity contribution >= 4 is 7.60 Å². The first kappa shape index (κ1) is 15.0. The van der Waals surface area contributed by atoms with E-state index in [-0.39, 0.29) is 13.2 Å². The smallest absolute Gasteiger partial charge is 0.325 e. The lowest BCUT2D eigenvalue weighted by Crippen LogP contribution is -2.22. The van der Waals surface area contributed by atoms with Crippen LogP contribution in [0.2, 0.25) is 0 Å². The van der Waals surface area contributed by atoms with Crippen molar-refractivity contribution in [2.24, 2.45) is 0 Å². The summed E-state index contributed by atoms with van der Waals surface area (Å²) in [4.78, 5) is 8.78. The molecule has 3 N–H and O–H groups in total. The van der Waals surface area contributed by atoms with Crippen LogP contribution in [0, 0.1) is 0 Å². The molecule has 0 spiro atoms. The molecule has 0 saturated carbocycles. The highest BCUT2D eigenvalue weighted by Gasteiger charge is 2.13. The minimum absolute atomic E-state index is 0.115. The van der Waals surface area contributed by atoms with Gasteiger partial charge in [0.2, 0.25) is 0 Å². The fraction of sp³-hybridized carbons (Fsp3) is 1.00. The zero-order valence-electron chi connectivity index (χ0n) is 9.18. The van der Waals surface area contributed by atoms with E-state index in [2.05, 4.69) is 9.84 Å².